The van der Waals surface area contributed by atoms with Crippen LogP contribution in [0.1, 0.15) is 44.0 Å². The first-order valence-corrected chi connectivity index (χ1v) is 10.9. The van der Waals surface area contributed by atoms with E-state index in [2.05, 4.69) is 40.9 Å². The van der Waals surface area contributed by atoms with Gasteiger partial charge in [-0.3, -0.25) is 10.1 Å². The molecular weight excluding hydrogens is 452 g/mol. The summed E-state index contributed by atoms with van der Waals surface area (Å²) in [5, 5.41) is 18.0. The van der Waals surface area contributed by atoms with Crippen molar-refractivity contribution in [3.8, 4) is 5.88 Å². The Labute approximate surface area is 202 Å². The predicted molar refractivity (Wildman–Crippen MR) is 128 cm³/mol. The van der Waals surface area contributed by atoms with E-state index in [1.165, 1.54) is 24.8 Å². The van der Waals surface area contributed by atoms with Crippen LogP contribution in [-0.4, -0.2) is 54.2 Å². The third-order valence-electron chi connectivity index (χ3n) is 4.36. The minimum atomic E-state index is -1.11. The maximum Gasteiger partial charge on any atom is 0.418 e. The van der Waals surface area contributed by atoms with Crippen molar-refractivity contribution >= 4 is 29.1 Å². The summed E-state index contributed by atoms with van der Waals surface area (Å²) in [6.07, 6.45) is 7.13. The van der Waals surface area contributed by atoms with Gasteiger partial charge >= 0.3 is 6.09 Å². The molecule has 12 nitrogen and oxygen atoms in total. The van der Waals surface area contributed by atoms with Crippen LogP contribution in [0.4, 0.5) is 21.9 Å². The molecule has 12 heteroatoms. The van der Waals surface area contributed by atoms with Crippen molar-refractivity contribution in [2.24, 2.45) is 5.92 Å². The molecule has 0 spiro atoms. The number of amides is 2. The highest BCUT2D eigenvalue weighted by Crippen LogP contribution is 2.26. The molecule has 0 saturated carbocycles. The second-order valence-electron chi connectivity index (χ2n) is 8.76. The Kier molecular flexibility index (Phi) is 8.21. The molecule has 0 aliphatic rings. The number of anilines is 3. The number of aliphatic hydroxyl groups is 1. The lowest BCUT2D eigenvalue weighted by atomic mass is 10.1. The summed E-state index contributed by atoms with van der Waals surface area (Å²) in [6.45, 7) is 7.17. The summed E-state index contributed by atoms with van der Waals surface area (Å²) >= 11 is 0. The van der Waals surface area contributed by atoms with E-state index in [-0.39, 0.29) is 23.8 Å². The molecule has 184 valence electrons. The molecule has 3 heterocycles. The van der Waals surface area contributed by atoms with Gasteiger partial charge in [-0.1, -0.05) is 13.8 Å². The number of pyridine rings is 1. The highest BCUT2D eigenvalue weighted by Gasteiger charge is 2.20. The third kappa shape index (κ3) is 7.96. The lowest BCUT2D eigenvalue weighted by Crippen LogP contribution is -2.38. The Morgan fingerprint density at radius 1 is 1.11 bits per heavy atom. The lowest BCUT2D eigenvalue weighted by molar-refractivity contribution is 0.0692. The largest absolute Gasteiger partial charge is 0.418 e. The molecule has 3 rings (SSSR count). The fourth-order valence-electron chi connectivity index (χ4n) is 2.84. The number of nitrogens with zero attached hydrogens (tertiary/aromatic N) is 5. The van der Waals surface area contributed by atoms with Gasteiger partial charge in [0.15, 0.2) is 5.69 Å². The van der Waals surface area contributed by atoms with Gasteiger partial charge in [0.2, 0.25) is 0 Å². The topological polar surface area (TPSA) is 164 Å². The van der Waals surface area contributed by atoms with Crippen LogP contribution < -0.4 is 20.7 Å². The fraction of sp³-hybridized carbons (Fsp3) is 0.348. The van der Waals surface area contributed by atoms with Gasteiger partial charge in [0, 0.05) is 19.2 Å². The minimum Gasteiger partial charge on any atom is -0.389 e. The van der Waals surface area contributed by atoms with E-state index in [4.69, 9.17) is 4.74 Å². The van der Waals surface area contributed by atoms with Gasteiger partial charge in [0.05, 0.1) is 35.6 Å². The molecule has 0 bridgehead atoms. The molecule has 0 saturated heterocycles. The molecule has 0 aromatic carbocycles. The summed E-state index contributed by atoms with van der Waals surface area (Å²) in [4.78, 5) is 46.0. The zero-order chi connectivity index (χ0) is 25.4. The predicted octanol–water partition coefficient (Wildman–Crippen LogP) is 2.72. The average Bonchev–Trinajstić information content (AvgIpc) is 2.79. The minimum absolute atomic E-state index is 0.00405. The second-order valence-corrected chi connectivity index (χ2v) is 8.76. The second kappa shape index (κ2) is 11.3. The molecule has 0 aliphatic carbocycles. The van der Waals surface area contributed by atoms with E-state index in [0.717, 1.165) is 0 Å². The van der Waals surface area contributed by atoms with Gasteiger partial charge in [0.1, 0.15) is 17.8 Å². The number of ether oxygens (including phenoxy) is 1. The number of aromatic nitrogens is 5. The van der Waals surface area contributed by atoms with E-state index in [1.54, 1.807) is 32.3 Å². The van der Waals surface area contributed by atoms with Crippen molar-refractivity contribution in [1.82, 2.24) is 30.2 Å². The Morgan fingerprint density at radius 2 is 1.86 bits per heavy atom. The van der Waals surface area contributed by atoms with Crippen molar-refractivity contribution in [3.63, 3.8) is 0 Å². The average molecular weight is 481 g/mol. The summed E-state index contributed by atoms with van der Waals surface area (Å²) in [7, 11) is 0. The van der Waals surface area contributed by atoms with Gasteiger partial charge in [0.25, 0.3) is 11.8 Å². The molecular formula is C23H28N8O4. The first kappa shape index (κ1) is 25.4. The van der Waals surface area contributed by atoms with Crippen LogP contribution in [0.3, 0.4) is 0 Å². The summed E-state index contributed by atoms with van der Waals surface area (Å²) in [5.74, 6) is 0.230. The molecule has 0 fully saturated rings. The molecule has 35 heavy (non-hydrogen) atoms. The number of hydrogen-bond acceptors (Lipinski definition) is 10. The van der Waals surface area contributed by atoms with E-state index < -0.39 is 17.6 Å². The number of rotatable bonds is 9. The van der Waals surface area contributed by atoms with Crippen LogP contribution in [0, 0.1) is 5.92 Å². The summed E-state index contributed by atoms with van der Waals surface area (Å²) < 4.78 is 5.49. The van der Waals surface area contributed by atoms with Gasteiger partial charge in [-0.2, -0.15) is 4.98 Å². The SMILES string of the molecule is CC(C)Cc1ncc(Nc2cncnc2)c(OC(=O)Nc2cccnc2C(=O)NCC(C)(C)O)n1. The Hall–Kier alpha value is -4.19. The molecule has 0 atom stereocenters. The normalized spacial score (nSPS) is 11.1. The first-order chi connectivity index (χ1) is 16.6. The zero-order valence-electron chi connectivity index (χ0n) is 19.9. The molecule has 3 aromatic heterocycles. The van der Waals surface area contributed by atoms with Crippen LogP contribution in [0.25, 0.3) is 0 Å². The van der Waals surface area contributed by atoms with Crippen molar-refractivity contribution in [3.05, 3.63) is 54.8 Å². The summed E-state index contributed by atoms with van der Waals surface area (Å²) in [5.41, 5.74) is -0.122. The lowest BCUT2D eigenvalue weighted by Gasteiger charge is -2.18. The molecule has 4 N–H and O–H groups in total. The summed E-state index contributed by atoms with van der Waals surface area (Å²) in [6, 6.07) is 3.08. The monoisotopic (exact) mass is 480 g/mol. The first-order valence-electron chi connectivity index (χ1n) is 10.9. The highest BCUT2D eigenvalue weighted by atomic mass is 16.6. The van der Waals surface area contributed by atoms with Crippen molar-refractivity contribution in [2.75, 3.05) is 17.2 Å². The van der Waals surface area contributed by atoms with Gasteiger partial charge in [-0.05, 0) is 31.9 Å². The van der Waals surface area contributed by atoms with Crippen LogP contribution in [-0.2, 0) is 6.42 Å². The molecule has 0 unspecified atom stereocenters. The van der Waals surface area contributed by atoms with Crippen LogP contribution in [0.15, 0.2) is 43.2 Å². The number of carbonyl (C=O) groups excluding carboxylic acids is 2. The maximum absolute atomic E-state index is 12.8. The van der Waals surface area contributed by atoms with Gasteiger partial charge in [-0.25, -0.2) is 24.7 Å². The van der Waals surface area contributed by atoms with Crippen molar-refractivity contribution in [2.45, 2.75) is 39.7 Å². The number of carbonyl (C=O) groups is 2. The van der Waals surface area contributed by atoms with E-state index in [1.807, 2.05) is 13.8 Å². The molecule has 0 radical (unpaired) electrons. The molecule has 3 aromatic rings. The van der Waals surface area contributed by atoms with Crippen LogP contribution in [0.5, 0.6) is 5.88 Å². The van der Waals surface area contributed by atoms with E-state index in [0.29, 0.717) is 29.5 Å². The Balaban J connectivity index is 1.80. The smallest absolute Gasteiger partial charge is 0.389 e. The van der Waals surface area contributed by atoms with Gasteiger partial charge in [-0.15, -0.1) is 0 Å². The fourth-order valence-corrected chi connectivity index (χ4v) is 2.84. The molecule has 0 aliphatic heterocycles. The maximum atomic E-state index is 12.8. The number of hydrogen-bond donors (Lipinski definition) is 4. The van der Waals surface area contributed by atoms with E-state index in [9.17, 15) is 14.7 Å². The van der Waals surface area contributed by atoms with Crippen LogP contribution >= 0.6 is 0 Å². The van der Waals surface area contributed by atoms with Gasteiger partial charge < -0.3 is 20.5 Å². The Morgan fingerprint density at radius 3 is 2.54 bits per heavy atom. The quantitative estimate of drug-likeness (QED) is 0.358. The van der Waals surface area contributed by atoms with Crippen molar-refractivity contribution in [1.29, 1.82) is 0 Å². The molecule has 2 amide bonds. The van der Waals surface area contributed by atoms with E-state index >= 15 is 0 Å². The number of nitrogens with one attached hydrogen (secondary N) is 3. The van der Waals surface area contributed by atoms with Crippen LogP contribution in [0.2, 0.25) is 0 Å². The van der Waals surface area contributed by atoms with Crippen molar-refractivity contribution < 1.29 is 19.4 Å². The standard InChI is InChI=1S/C23H28N8O4/c1-14(2)8-18-27-11-17(29-15-9-24-13-25-10-15)21(31-18)35-22(33)30-16-6-5-7-26-19(16)20(32)28-12-23(3,4)34/h5-7,9-11,13-14,29,34H,8,12H2,1-4H3,(H,28,32)(H,30,33). The Bertz CT molecular complexity index is 1170. The third-order valence-corrected chi connectivity index (χ3v) is 4.36. The zero-order valence-corrected chi connectivity index (χ0v) is 19.9. The highest BCUT2D eigenvalue weighted by molar-refractivity contribution is 6.01.